The van der Waals surface area contributed by atoms with Crippen LogP contribution in [0.25, 0.3) is 0 Å². The van der Waals surface area contributed by atoms with E-state index in [-0.39, 0.29) is 0 Å². The third-order valence-corrected chi connectivity index (χ3v) is 4.10. The largest absolute Gasteiger partial charge is 0.352 e. The van der Waals surface area contributed by atoms with Gasteiger partial charge in [0.1, 0.15) is 16.2 Å². The van der Waals surface area contributed by atoms with Gasteiger partial charge in [0.25, 0.3) is 0 Å². The molecule has 0 aliphatic heterocycles. The lowest BCUT2D eigenvalue weighted by molar-refractivity contribution is 0.781. The summed E-state index contributed by atoms with van der Waals surface area (Å²) in [6, 6.07) is 6.25. The van der Waals surface area contributed by atoms with Crippen LogP contribution in [-0.2, 0) is 13.0 Å². The monoisotopic (exact) mass is 339 g/mol. The van der Waals surface area contributed by atoms with Crippen LogP contribution < -0.4 is 4.90 Å². The number of halogens is 1. The summed E-state index contributed by atoms with van der Waals surface area (Å²) in [5.74, 6) is 1.91. The Morgan fingerprint density at radius 1 is 1.32 bits per heavy atom. The standard InChI is InChI=1S/C14H18BrN3S/c1-3-6-13-16-12(15)9-14(17-13)18(4-2)10-11-7-5-8-19-11/h5,7-9H,3-4,6,10H2,1-2H3. The molecule has 2 aromatic rings. The molecule has 2 aromatic heterocycles. The molecule has 0 radical (unpaired) electrons. The molecule has 0 spiro atoms. The van der Waals surface area contributed by atoms with Crippen LogP contribution in [0, 0.1) is 0 Å². The third kappa shape index (κ3) is 4.01. The second-order valence-corrected chi connectivity index (χ2v) is 6.15. The molecule has 19 heavy (non-hydrogen) atoms. The minimum Gasteiger partial charge on any atom is -0.352 e. The lowest BCUT2D eigenvalue weighted by Crippen LogP contribution is -2.23. The molecule has 2 rings (SSSR count). The van der Waals surface area contributed by atoms with Crippen LogP contribution in [0.5, 0.6) is 0 Å². The van der Waals surface area contributed by atoms with Crippen LogP contribution in [0.4, 0.5) is 5.82 Å². The number of aromatic nitrogens is 2. The first kappa shape index (κ1) is 14.5. The van der Waals surface area contributed by atoms with Crippen LogP contribution in [0.2, 0.25) is 0 Å². The second-order valence-electron chi connectivity index (χ2n) is 4.31. The minimum atomic E-state index is 0.866. The molecular formula is C14H18BrN3S. The summed E-state index contributed by atoms with van der Waals surface area (Å²) in [7, 11) is 0. The molecule has 0 aromatic carbocycles. The highest BCUT2D eigenvalue weighted by molar-refractivity contribution is 9.10. The van der Waals surface area contributed by atoms with Gasteiger partial charge in [-0.2, -0.15) is 0 Å². The van der Waals surface area contributed by atoms with E-state index in [1.165, 1.54) is 4.88 Å². The van der Waals surface area contributed by atoms with Crippen LogP contribution in [-0.4, -0.2) is 16.5 Å². The summed E-state index contributed by atoms with van der Waals surface area (Å²) in [5, 5.41) is 2.11. The van der Waals surface area contributed by atoms with Crippen LogP contribution in [0.1, 0.15) is 31.0 Å². The topological polar surface area (TPSA) is 29.0 Å². The summed E-state index contributed by atoms with van der Waals surface area (Å²) in [6.45, 7) is 6.15. The van der Waals surface area contributed by atoms with E-state index < -0.39 is 0 Å². The van der Waals surface area contributed by atoms with E-state index in [1.54, 1.807) is 11.3 Å². The Morgan fingerprint density at radius 2 is 2.16 bits per heavy atom. The maximum absolute atomic E-state index is 4.66. The highest BCUT2D eigenvalue weighted by Crippen LogP contribution is 2.21. The Bertz CT molecular complexity index is 513. The SMILES string of the molecule is CCCc1nc(Br)cc(N(CC)Cc2cccs2)n1. The predicted octanol–water partition coefficient (Wildman–Crippen LogP) is 4.28. The van der Waals surface area contributed by atoms with Crippen molar-refractivity contribution in [2.75, 3.05) is 11.4 Å². The first-order chi connectivity index (χ1) is 9.22. The molecule has 0 amide bonds. The number of anilines is 1. The smallest absolute Gasteiger partial charge is 0.133 e. The number of hydrogen-bond donors (Lipinski definition) is 0. The Labute approximate surface area is 126 Å². The molecule has 0 bridgehead atoms. The van der Waals surface area contributed by atoms with Gasteiger partial charge in [-0.15, -0.1) is 11.3 Å². The molecule has 0 aliphatic carbocycles. The molecule has 102 valence electrons. The minimum absolute atomic E-state index is 0.866. The maximum Gasteiger partial charge on any atom is 0.133 e. The summed E-state index contributed by atoms with van der Waals surface area (Å²) in [4.78, 5) is 12.7. The molecule has 0 N–H and O–H groups in total. The van der Waals surface area contributed by atoms with Gasteiger partial charge in [-0.25, -0.2) is 9.97 Å². The Hall–Kier alpha value is -0.940. The van der Waals surface area contributed by atoms with Crippen molar-refractivity contribution in [3.05, 3.63) is 38.9 Å². The highest BCUT2D eigenvalue weighted by atomic mass is 79.9. The summed E-state index contributed by atoms with van der Waals surface area (Å²) in [5.41, 5.74) is 0. The third-order valence-electron chi connectivity index (χ3n) is 2.83. The number of nitrogens with zero attached hydrogens (tertiary/aromatic N) is 3. The molecule has 0 fully saturated rings. The average Bonchev–Trinajstić information content (AvgIpc) is 2.88. The lowest BCUT2D eigenvalue weighted by atomic mass is 10.3. The van der Waals surface area contributed by atoms with Crippen molar-refractivity contribution in [2.45, 2.75) is 33.2 Å². The van der Waals surface area contributed by atoms with E-state index in [2.05, 4.69) is 62.2 Å². The molecule has 2 heterocycles. The molecule has 0 unspecified atom stereocenters. The molecule has 0 atom stereocenters. The van der Waals surface area contributed by atoms with Gasteiger partial charge in [0.15, 0.2) is 0 Å². The van der Waals surface area contributed by atoms with Crippen LogP contribution in [0.3, 0.4) is 0 Å². The zero-order valence-electron chi connectivity index (χ0n) is 11.3. The average molecular weight is 340 g/mol. The fourth-order valence-electron chi connectivity index (χ4n) is 1.89. The zero-order valence-corrected chi connectivity index (χ0v) is 13.7. The van der Waals surface area contributed by atoms with E-state index in [4.69, 9.17) is 0 Å². The maximum atomic E-state index is 4.66. The zero-order chi connectivity index (χ0) is 13.7. The Balaban J connectivity index is 2.21. The van der Waals surface area contributed by atoms with Crippen LogP contribution in [0.15, 0.2) is 28.2 Å². The number of hydrogen-bond acceptors (Lipinski definition) is 4. The number of thiophene rings is 1. The van der Waals surface area contributed by atoms with Gasteiger partial charge >= 0.3 is 0 Å². The first-order valence-electron chi connectivity index (χ1n) is 6.53. The van der Waals surface area contributed by atoms with Crippen molar-refractivity contribution in [1.29, 1.82) is 0 Å². The summed E-state index contributed by atoms with van der Waals surface area (Å²) >= 11 is 5.27. The molecule has 0 saturated heterocycles. The van der Waals surface area contributed by atoms with Gasteiger partial charge in [-0.1, -0.05) is 13.0 Å². The van der Waals surface area contributed by atoms with E-state index in [1.807, 2.05) is 6.07 Å². The van der Waals surface area contributed by atoms with E-state index >= 15 is 0 Å². The molecular weight excluding hydrogens is 322 g/mol. The van der Waals surface area contributed by atoms with Crippen molar-refractivity contribution in [3.8, 4) is 0 Å². The number of aryl methyl sites for hydroxylation is 1. The van der Waals surface area contributed by atoms with E-state index in [0.29, 0.717) is 0 Å². The first-order valence-corrected chi connectivity index (χ1v) is 8.21. The Morgan fingerprint density at radius 3 is 2.79 bits per heavy atom. The molecule has 3 nitrogen and oxygen atoms in total. The molecule has 0 saturated carbocycles. The van der Waals surface area contributed by atoms with Gasteiger partial charge in [0.2, 0.25) is 0 Å². The van der Waals surface area contributed by atoms with Crippen molar-refractivity contribution < 1.29 is 0 Å². The van der Waals surface area contributed by atoms with Gasteiger partial charge in [0.05, 0.1) is 6.54 Å². The van der Waals surface area contributed by atoms with Crippen LogP contribution >= 0.6 is 27.3 Å². The summed E-state index contributed by atoms with van der Waals surface area (Å²) in [6.07, 6.45) is 1.98. The fraction of sp³-hybridized carbons (Fsp3) is 0.429. The number of rotatable bonds is 6. The van der Waals surface area contributed by atoms with Gasteiger partial charge in [-0.3, -0.25) is 0 Å². The van der Waals surface area contributed by atoms with E-state index in [9.17, 15) is 0 Å². The highest BCUT2D eigenvalue weighted by Gasteiger charge is 2.10. The normalized spacial score (nSPS) is 10.7. The van der Waals surface area contributed by atoms with Gasteiger partial charge in [0, 0.05) is 23.9 Å². The predicted molar refractivity (Wildman–Crippen MR) is 84.8 cm³/mol. The van der Waals surface area contributed by atoms with Crippen molar-refractivity contribution >= 4 is 33.1 Å². The van der Waals surface area contributed by atoms with E-state index in [0.717, 1.165) is 42.2 Å². The molecule has 5 heteroatoms. The lowest BCUT2D eigenvalue weighted by Gasteiger charge is -2.21. The van der Waals surface area contributed by atoms with Crippen molar-refractivity contribution in [1.82, 2.24) is 9.97 Å². The van der Waals surface area contributed by atoms with Gasteiger partial charge < -0.3 is 4.90 Å². The molecule has 0 aliphatic rings. The summed E-state index contributed by atoms with van der Waals surface area (Å²) < 4.78 is 0.866. The quantitative estimate of drug-likeness (QED) is 0.735. The second kappa shape index (κ2) is 7.01. The Kier molecular flexibility index (Phi) is 5.34. The fourth-order valence-corrected chi connectivity index (χ4v) is 3.02. The van der Waals surface area contributed by atoms with Crippen molar-refractivity contribution in [3.63, 3.8) is 0 Å². The van der Waals surface area contributed by atoms with Gasteiger partial charge in [-0.05, 0) is 40.7 Å². The van der Waals surface area contributed by atoms with Crippen molar-refractivity contribution in [2.24, 2.45) is 0 Å².